The van der Waals surface area contributed by atoms with Crippen LogP contribution in [0.15, 0.2) is 42.5 Å². The van der Waals surface area contributed by atoms with Crippen molar-refractivity contribution in [1.82, 2.24) is 4.98 Å². The molecule has 0 fully saturated rings. The molecule has 2 aromatic carbocycles. The summed E-state index contributed by atoms with van der Waals surface area (Å²) in [5.74, 6) is -1.21. The number of nitrogens with two attached hydrogens (primary N) is 1. The van der Waals surface area contributed by atoms with Crippen molar-refractivity contribution in [2.75, 3.05) is 0 Å². The molecule has 1 aromatic heterocycles. The Morgan fingerprint density at radius 3 is 2.56 bits per heavy atom. The summed E-state index contributed by atoms with van der Waals surface area (Å²) < 4.78 is 27.0. The summed E-state index contributed by atoms with van der Waals surface area (Å²) in [6, 6.07) is 10.5. The average Bonchev–Trinajstić information content (AvgIpc) is 2.89. The minimum absolute atomic E-state index is 0.00989. The van der Waals surface area contributed by atoms with E-state index in [0.717, 1.165) is 22.7 Å². The highest BCUT2D eigenvalue weighted by Crippen LogP contribution is 2.23. The van der Waals surface area contributed by atoms with Crippen LogP contribution in [0.5, 0.6) is 0 Å². The SMILES string of the molecule is Cc1[nH]c2ccccc2c1C(=O)[C@H](C)[NH2+][C@H](C)c1ccc(F)cc1F. The second-order valence-electron chi connectivity index (χ2n) is 6.47. The third-order valence-electron chi connectivity index (χ3n) is 4.58. The molecule has 0 aliphatic heterocycles. The first-order chi connectivity index (χ1) is 11.9. The molecule has 25 heavy (non-hydrogen) atoms. The number of quaternary nitrogens is 1. The van der Waals surface area contributed by atoms with E-state index in [-0.39, 0.29) is 11.8 Å². The Labute approximate surface area is 145 Å². The largest absolute Gasteiger partial charge is 0.358 e. The van der Waals surface area contributed by atoms with Crippen molar-refractivity contribution in [3.8, 4) is 0 Å². The lowest BCUT2D eigenvalue weighted by atomic mass is 10.00. The number of fused-ring (bicyclic) bond motifs is 1. The van der Waals surface area contributed by atoms with Gasteiger partial charge in [0, 0.05) is 28.2 Å². The molecule has 0 unspecified atom stereocenters. The summed E-state index contributed by atoms with van der Waals surface area (Å²) in [4.78, 5) is 16.2. The monoisotopic (exact) mass is 343 g/mol. The second-order valence-corrected chi connectivity index (χ2v) is 6.47. The zero-order valence-electron chi connectivity index (χ0n) is 14.4. The smallest absolute Gasteiger partial charge is 0.221 e. The van der Waals surface area contributed by atoms with Crippen LogP contribution in [0.4, 0.5) is 8.78 Å². The molecule has 0 aliphatic rings. The number of aromatic nitrogens is 1. The van der Waals surface area contributed by atoms with Gasteiger partial charge in [-0.15, -0.1) is 0 Å². The highest BCUT2D eigenvalue weighted by molar-refractivity contribution is 6.10. The van der Waals surface area contributed by atoms with Crippen LogP contribution >= 0.6 is 0 Å². The molecule has 3 N–H and O–H groups in total. The van der Waals surface area contributed by atoms with Crippen LogP contribution in [-0.4, -0.2) is 16.8 Å². The highest BCUT2D eigenvalue weighted by atomic mass is 19.1. The minimum Gasteiger partial charge on any atom is -0.358 e. The highest BCUT2D eigenvalue weighted by Gasteiger charge is 2.26. The summed E-state index contributed by atoms with van der Waals surface area (Å²) in [5.41, 5.74) is 2.81. The number of nitrogens with one attached hydrogen (secondary N) is 1. The molecule has 0 radical (unpaired) electrons. The molecule has 3 nitrogen and oxygen atoms in total. The van der Waals surface area contributed by atoms with Crippen molar-refractivity contribution in [2.45, 2.75) is 32.9 Å². The Hall–Kier alpha value is -2.53. The van der Waals surface area contributed by atoms with E-state index in [9.17, 15) is 13.6 Å². The van der Waals surface area contributed by atoms with Gasteiger partial charge in [0.05, 0.1) is 5.56 Å². The quantitative estimate of drug-likeness (QED) is 0.683. The van der Waals surface area contributed by atoms with E-state index < -0.39 is 17.7 Å². The zero-order valence-corrected chi connectivity index (χ0v) is 14.4. The van der Waals surface area contributed by atoms with Crippen LogP contribution in [-0.2, 0) is 0 Å². The molecular formula is C20H21F2N2O+. The Morgan fingerprint density at radius 2 is 1.84 bits per heavy atom. The molecular weight excluding hydrogens is 322 g/mol. The van der Waals surface area contributed by atoms with Gasteiger partial charge in [0.25, 0.3) is 0 Å². The number of aryl methyl sites for hydroxylation is 1. The number of ketones is 1. The topological polar surface area (TPSA) is 49.5 Å². The van der Waals surface area contributed by atoms with Gasteiger partial charge in [0.15, 0.2) is 0 Å². The first kappa shape index (κ1) is 17.3. The predicted octanol–water partition coefficient (Wildman–Crippen LogP) is 3.65. The van der Waals surface area contributed by atoms with Gasteiger partial charge in [0.1, 0.15) is 23.7 Å². The summed E-state index contributed by atoms with van der Waals surface area (Å²) in [6.45, 7) is 5.49. The van der Waals surface area contributed by atoms with E-state index in [4.69, 9.17) is 0 Å². The van der Waals surface area contributed by atoms with Crippen molar-refractivity contribution in [3.05, 3.63) is 70.9 Å². The van der Waals surface area contributed by atoms with Crippen LogP contribution in [0.2, 0.25) is 0 Å². The number of Topliss-reactive ketones (excluding diaryl/α,β-unsaturated/α-hetero) is 1. The maximum atomic E-state index is 13.9. The van der Waals surface area contributed by atoms with Crippen molar-refractivity contribution in [3.63, 3.8) is 0 Å². The number of halogens is 2. The maximum absolute atomic E-state index is 13.9. The Bertz CT molecular complexity index is 933. The number of hydrogen-bond donors (Lipinski definition) is 2. The molecule has 1 heterocycles. The van der Waals surface area contributed by atoms with Crippen molar-refractivity contribution >= 4 is 16.7 Å². The molecule has 0 bridgehead atoms. The lowest BCUT2D eigenvalue weighted by Crippen LogP contribution is -2.91. The molecule has 0 saturated heterocycles. The van der Waals surface area contributed by atoms with E-state index >= 15 is 0 Å². The molecule has 2 atom stereocenters. The van der Waals surface area contributed by atoms with Gasteiger partial charge in [-0.2, -0.15) is 0 Å². The average molecular weight is 343 g/mol. The summed E-state index contributed by atoms with van der Waals surface area (Å²) in [7, 11) is 0. The predicted molar refractivity (Wildman–Crippen MR) is 93.5 cm³/mol. The molecule has 130 valence electrons. The molecule has 5 heteroatoms. The van der Waals surface area contributed by atoms with Crippen LogP contribution in [0.25, 0.3) is 10.9 Å². The fraction of sp³-hybridized carbons (Fsp3) is 0.250. The zero-order chi connectivity index (χ0) is 18.1. The lowest BCUT2D eigenvalue weighted by Gasteiger charge is -2.17. The third kappa shape index (κ3) is 3.33. The van der Waals surface area contributed by atoms with Gasteiger partial charge in [-0.05, 0) is 39.0 Å². The van der Waals surface area contributed by atoms with E-state index in [0.29, 0.717) is 11.1 Å². The van der Waals surface area contributed by atoms with Gasteiger partial charge in [-0.1, -0.05) is 18.2 Å². The first-order valence-electron chi connectivity index (χ1n) is 8.30. The number of hydrogen-bond acceptors (Lipinski definition) is 1. The lowest BCUT2D eigenvalue weighted by molar-refractivity contribution is -0.709. The van der Waals surface area contributed by atoms with E-state index in [2.05, 4.69) is 4.98 Å². The fourth-order valence-electron chi connectivity index (χ4n) is 3.32. The van der Waals surface area contributed by atoms with Gasteiger partial charge < -0.3 is 10.3 Å². The number of rotatable bonds is 5. The number of carbonyl (C=O) groups excluding carboxylic acids is 1. The normalized spacial score (nSPS) is 13.8. The van der Waals surface area contributed by atoms with Crippen molar-refractivity contribution in [2.24, 2.45) is 0 Å². The van der Waals surface area contributed by atoms with E-state index in [1.165, 1.54) is 12.1 Å². The number of H-pyrrole nitrogens is 1. The first-order valence-corrected chi connectivity index (χ1v) is 8.30. The number of benzene rings is 2. The summed E-state index contributed by atoms with van der Waals surface area (Å²) in [5, 5.41) is 2.70. The van der Waals surface area contributed by atoms with E-state index in [1.54, 1.807) is 5.32 Å². The number of aromatic amines is 1. The fourth-order valence-corrected chi connectivity index (χ4v) is 3.32. The Kier molecular flexibility index (Phi) is 4.68. The Balaban J connectivity index is 1.83. The molecule has 3 rings (SSSR count). The molecule has 0 saturated carbocycles. The standard InChI is InChI=1S/C20H20F2N2O/c1-11(15-9-8-14(21)10-17(15)22)23-13(3)20(25)19-12(2)24-18-7-5-4-6-16(18)19/h4-11,13,23-24H,1-3H3/p+1/t11-,13+/m1/s1. The molecule has 0 aliphatic carbocycles. The van der Waals surface area contributed by atoms with Crippen molar-refractivity contribution < 1.29 is 18.9 Å². The summed E-state index contributed by atoms with van der Waals surface area (Å²) >= 11 is 0. The summed E-state index contributed by atoms with van der Waals surface area (Å²) in [6.07, 6.45) is 0. The second kappa shape index (κ2) is 6.76. The third-order valence-corrected chi connectivity index (χ3v) is 4.58. The number of carbonyl (C=O) groups is 1. The van der Waals surface area contributed by atoms with Gasteiger partial charge in [-0.3, -0.25) is 4.79 Å². The van der Waals surface area contributed by atoms with Gasteiger partial charge in [-0.25, -0.2) is 8.78 Å². The molecule has 0 spiro atoms. The Morgan fingerprint density at radius 1 is 1.12 bits per heavy atom. The van der Waals surface area contributed by atoms with Gasteiger partial charge in [0.2, 0.25) is 5.78 Å². The maximum Gasteiger partial charge on any atom is 0.221 e. The molecule has 3 aromatic rings. The van der Waals surface area contributed by atoms with Crippen LogP contribution < -0.4 is 5.32 Å². The van der Waals surface area contributed by atoms with Crippen LogP contribution in [0.3, 0.4) is 0 Å². The van der Waals surface area contributed by atoms with E-state index in [1.807, 2.05) is 45.0 Å². The van der Waals surface area contributed by atoms with Crippen LogP contribution in [0, 0.1) is 18.6 Å². The molecule has 0 amide bonds. The van der Waals surface area contributed by atoms with Gasteiger partial charge >= 0.3 is 0 Å². The number of para-hydroxylation sites is 1. The van der Waals surface area contributed by atoms with Crippen LogP contribution in [0.1, 0.15) is 41.5 Å². The minimum atomic E-state index is -0.605. The van der Waals surface area contributed by atoms with Crippen molar-refractivity contribution in [1.29, 1.82) is 0 Å².